The van der Waals surface area contributed by atoms with E-state index in [0.29, 0.717) is 26.5 Å². The summed E-state index contributed by atoms with van der Waals surface area (Å²) in [4.78, 5) is 25.1. The number of thiocarbonyl (C=S) groups is 1. The molecule has 0 bridgehead atoms. The molecular weight excluding hydrogens is 464 g/mol. The van der Waals surface area contributed by atoms with E-state index in [1.807, 2.05) is 6.07 Å². The Kier molecular flexibility index (Phi) is 6.76. The molecule has 2 heterocycles. The molecular formula is C23H18N2O6S2. The number of carbonyl (C=O) groups excluding carboxylic acids is 1. The van der Waals surface area contributed by atoms with Gasteiger partial charge in [-0.25, -0.2) is 0 Å². The summed E-state index contributed by atoms with van der Waals surface area (Å²) in [6.45, 7) is 0.507. The van der Waals surface area contributed by atoms with Gasteiger partial charge in [-0.2, -0.15) is 0 Å². The van der Waals surface area contributed by atoms with Gasteiger partial charge >= 0.3 is 0 Å². The van der Waals surface area contributed by atoms with Crippen LogP contribution in [0.5, 0.6) is 11.5 Å². The van der Waals surface area contributed by atoms with Crippen LogP contribution < -0.4 is 9.47 Å². The predicted octanol–water partition coefficient (Wildman–Crippen LogP) is 5.18. The number of hydrogen-bond acceptors (Lipinski definition) is 8. The fourth-order valence-corrected chi connectivity index (χ4v) is 4.37. The minimum absolute atomic E-state index is 0.0234. The van der Waals surface area contributed by atoms with Gasteiger partial charge in [0.15, 0.2) is 11.5 Å². The maximum atomic E-state index is 12.8. The molecule has 33 heavy (non-hydrogen) atoms. The fourth-order valence-electron chi connectivity index (χ4n) is 3.11. The van der Waals surface area contributed by atoms with Crippen molar-refractivity contribution in [2.75, 3.05) is 7.11 Å². The van der Waals surface area contributed by atoms with Gasteiger partial charge in [-0.1, -0.05) is 30.0 Å². The monoisotopic (exact) mass is 482 g/mol. The molecule has 0 N–H and O–H groups in total. The average molecular weight is 483 g/mol. The Morgan fingerprint density at radius 3 is 2.64 bits per heavy atom. The number of carbonyl (C=O) groups is 1. The van der Waals surface area contributed by atoms with Crippen LogP contribution in [0.1, 0.15) is 16.9 Å². The third-order valence-electron chi connectivity index (χ3n) is 4.79. The van der Waals surface area contributed by atoms with Crippen molar-refractivity contribution in [3.8, 4) is 11.5 Å². The summed E-state index contributed by atoms with van der Waals surface area (Å²) in [7, 11) is 1.53. The number of benzene rings is 2. The molecule has 3 aromatic rings. The van der Waals surface area contributed by atoms with E-state index in [-0.39, 0.29) is 24.7 Å². The largest absolute Gasteiger partial charge is 0.493 e. The lowest BCUT2D eigenvalue weighted by Crippen LogP contribution is -2.27. The number of nitro groups is 1. The number of rotatable bonds is 8. The molecule has 1 saturated heterocycles. The third kappa shape index (κ3) is 5.24. The first-order chi connectivity index (χ1) is 15.9. The predicted molar refractivity (Wildman–Crippen MR) is 128 cm³/mol. The minimum atomic E-state index is -0.447. The molecule has 0 saturated carbocycles. The van der Waals surface area contributed by atoms with Crippen LogP contribution in [0.15, 0.2) is 70.2 Å². The molecule has 0 aliphatic carbocycles. The van der Waals surface area contributed by atoms with Crippen LogP contribution in [0.4, 0.5) is 5.69 Å². The molecule has 10 heteroatoms. The molecule has 8 nitrogen and oxygen atoms in total. The van der Waals surface area contributed by atoms with Crippen LogP contribution in [-0.2, 0) is 17.9 Å². The number of nitro benzene ring substituents is 1. The summed E-state index contributed by atoms with van der Waals surface area (Å²) in [6.07, 6.45) is 3.31. The van der Waals surface area contributed by atoms with Crippen LogP contribution in [-0.4, -0.2) is 27.2 Å². The number of methoxy groups -OCH3 is 1. The SMILES string of the molecule is COc1cc(/C=C2\SC(=S)N(Cc3ccco3)C2=O)ccc1OCc1ccc([N+](=O)[O-])cc1. The van der Waals surface area contributed by atoms with Crippen molar-refractivity contribution < 1.29 is 23.6 Å². The van der Waals surface area contributed by atoms with Crippen LogP contribution in [0.3, 0.4) is 0 Å². The molecule has 1 aliphatic heterocycles. The molecule has 168 valence electrons. The second kappa shape index (κ2) is 9.88. The Morgan fingerprint density at radius 1 is 1.18 bits per heavy atom. The Labute approximate surface area is 198 Å². The van der Waals surface area contributed by atoms with E-state index in [0.717, 1.165) is 11.1 Å². The first-order valence-electron chi connectivity index (χ1n) is 9.76. The summed E-state index contributed by atoms with van der Waals surface area (Å²) in [5.74, 6) is 1.48. The second-order valence-electron chi connectivity index (χ2n) is 6.97. The molecule has 1 aliphatic rings. The molecule has 0 spiro atoms. The molecule has 1 amide bonds. The Hall–Kier alpha value is -3.63. The number of ether oxygens (including phenoxy) is 2. The van der Waals surface area contributed by atoms with E-state index >= 15 is 0 Å². The van der Waals surface area contributed by atoms with Gasteiger partial charge in [0, 0.05) is 12.1 Å². The highest BCUT2D eigenvalue weighted by atomic mass is 32.2. The van der Waals surface area contributed by atoms with E-state index in [4.69, 9.17) is 26.1 Å². The standard InChI is InChI=1S/C23H18N2O6S2/c1-29-20-11-16(6-9-19(20)31-14-15-4-7-17(8-5-15)25(27)28)12-21-22(26)24(23(32)33-21)13-18-3-2-10-30-18/h2-12H,13-14H2,1H3/b21-12-. The van der Waals surface area contributed by atoms with Crippen molar-refractivity contribution in [2.24, 2.45) is 0 Å². The van der Waals surface area contributed by atoms with Crippen LogP contribution in [0.25, 0.3) is 6.08 Å². The summed E-state index contributed by atoms with van der Waals surface area (Å²) in [5.41, 5.74) is 1.57. The van der Waals surface area contributed by atoms with Crippen LogP contribution in [0, 0.1) is 10.1 Å². The highest BCUT2D eigenvalue weighted by Crippen LogP contribution is 2.35. The first-order valence-corrected chi connectivity index (χ1v) is 11.0. The zero-order valence-corrected chi connectivity index (χ0v) is 19.1. The lowest BCUT2D eigenvalue weighted by molar-refractivity contribution is -0.384. The van der Waals surface area contributed by atoms with Gasteiger partial charge in [0.1, 0.15) is 16.7 Å². The molecule has 1 fully saturated rings. The highest BCUT2D eigenvalue weighted by Gasteiger charge is 2.32. The van der Waals surface area contributed by atoms with E-state index in [2.05, 4.69) is 0 Å². The Balaban J connectivity index is 1.46. The smallest absolute Gasteiger partial charge is 0.269 e. The molecule has 0 atom stereocenters. The third-order valence-corrected chi connectivity index (χ3v) is 6.17. The zero-order valence-electron chi connectivity index (χ0n) is 17.4. The van der Waals surface area contributed by atoms with E-state index in [1.54, 1.807) is 48.7 Å². The number of non-ortho nitro benzene ring substituents is 1. The molecule has 0 radical (unpaired) electrons. The second-order valence-corrected chi connectivity index (χ2v) is 8.65. The number of furan rings is 1. The average Bonchev–Trinajstić information content (AvgIpc) is 3.42. The lowest BCUT2D eigenvalue weighted by Gasteiger charge is -2.12. The minimum Gasteiger partial charge on any atom is -0.493 e. The van der Waals surface area contributed by atoms with Crippen molar-refractivity contribution in [1.29, 1.82) is 0 Å². The molecule has 4 rings (SSSR count). The Bertz CT molecular complexity index is 1220. The van der Waals surface area contributed by atoms with Gasteiger partial charge in [-0.05, 0) is 53.6 Å². The van der Waals surface area contributed by atoms with Gasteiger partial charge < -0.3 is 13.9 Å². The van der Waals surface area contributed by atoms with Gasteiger partial charge in [0.25, 0.3) is 11.6 Å². The van der Waals surface area contributed by atoms with E-state index in [9.17, 15) is 14.9 Å². The molecule has 1 aromatic heterocycles. The normalized spacial score (nSPS) is 14.7. The fraction of sp³-hybridized carbons (Fsp3) is 0.130. The zero-order chi connectivity index (χ0) is 23.4. The lowest BCUT2D eigenvalue weighted by atomic mass is 10.1. The molecule has 2 aromatic carbocycles. The Morgan fingerprint density at radius 2 is 1.97 bits per heavy atom. The van der Waals surface area contributed by atoms with Crippen molar-refractivity contribution in [3.05, 3.63) is 92.8 Å². The van der Waals surface area contributed by atoms with E-state index in [1.165, 1.54) is 35.9 Å². The number of hydrogen-bond donors (Lipinski definition) is 0. The first kappa shape index (κ1) is 22.6. The summed E-state index contributed by atoms with van der Waals surface area (Å²) in [6, 6.07) is 15.0. The quantitative estimate of drug-likeness (QED) is 0.188. The maximum Gasteiger partial charge on any atom is 0.269 e. The van der Waals surface area contributed by atoms with Gasteiger partial charge in [-0.15, -0.1) is 0 Å². The summed E-state index contributed by atoms with van der Waals surface area (Å²) < 4.78 is 17.1. The number of nitrogens with zero attached hydrogens (tertiary/aromatic N) is 2. The van der Waals surface area contributed by atoms with Crippen molar-refractivity contribution in [1.82, 2.24) is 4.90 Å². The van der Waals surface area contributed by atoms with Crippen molar-refractivity contribution in [2.45, 2.75) is 13.2 Å². The van der Waals surface area contributed by atoms with Crippen molar-refractivity contribution >= 4 is 46.0 Å². The number of thioether (sulfide) groups is 1. The highest BCUT2D eigenvalue weighted by molar-refractivity contribution is 8.26. The van der Waals surface area contributed by atoms with Crippen LogP contribution in [0.2, 0.25) is 0 Å². The number of amides is 1. The van der Waals surface area contributed by atoms with Gasteiger partial charge in [0.2, 0.25) is 0 Å². The van der Waals surface area contributed by atoms with Crippen molar-refractivity contribution in [3.63, 3.8) is 0 Å². The summed E-state index contributed by atoms with van der Waals surface area (Å²) in [5, 5.41) is 10.8. The maximum absolute atomic E-state index is 12.8. The molecule has 0 unspecified atom stereocenters. The van der Waals surface area contributed by atoms with Gasteiger partial charge in [-0.3, -0.25) is 19.8 Å². The van der Waals surface area contributed by atoms with Gasteiger partial charge in [0.05, 0.1) is 29.7 Å². The van der Waals surface area contributed by atoms with E-state index < -0.39 is 4.92 Å². The summed E-state index contributed by atoms with van der Waals surface area (Å²) >= 11 is 6.59. The van der Waals surface area contributed by atoms with Crippen LogP contribution >= 0.6 is 24.0 Å². The topological polar surface area (TPSA) is 95.0 Å².